The number of carbonyl (C=O) groups excluding carboxylic acids is 10. The Balaban J connectivity index is -0.00000000566. The Bertz CT molecular complexity index is 1370. The summed E-state index contributed by atoms with van der Waals surface area (Å²) in [5.41, 5.74) is 35.8. The van der Waals surface area contributed by atoms with Crippen LogP contribution in [-0.2, 0) is 209 Å². The van der Waals surface area contributed by atoms with Crippen LogP contribution in [-0.4, -0.2) is 121 Å². The molecule has 0 aliphatic carbocycles. The maximum Gasteiger partial charge on any atom is 0.187 e. The molecule has 0 heterocycles. The molecule has 0 aromatic heterocycles. The third-order valence-corrected chi connectivity index (χ3v) is 0.876. The zero-order valence-electron chi connectivity index (χ0n) is 59.1. The van der Waals surface area contributed by atoms with Gasteiger partial charge in [-0.25, -0.2) is 22.2 Å². The van der Waals surface area contributed by atoms with Crippen molar-refractivity contribution in [1.29, 1.82) is 0 Å². The fourth-order valence-electron chi connectivity index (χ4n) is 0.0618. The van der Waals surface area contributed by atoms with E-state index in [-0.39, 0.29) is 140 Å². The minimum absolute atomic E-state index is 0. The molecule has 0 aliphatic rings. The average Bonchev–Trinajstić information content (AvgIpc) is 3.25. The molecule has 80 heteroatoms. The van der Waals surface area contributed by atoms with Gasteiger partial charge in [0.1, 0.15) is 0 Å². The van der Waals surface area contributed by atoms with Gasteiger partial charge in [-0.1, -0.05) is 93.3 Å². The first-order valence-electron chi connectivity index (χ1n) is 15.3. The maximum absolute atomic E-state index is 9.53. The van der Waals surface area contributed by atoms with Crippen LogP contribution >= 0.6 is 12.0 Å². The van der Waals surface area contributed by atoms with Crippen molar-refractivity contribution in [3.8, 4) is 0 Å². The first-order chi connectivity index (χ1) is 36.5. The zero-order valence-corrected chi connectivity index (χ0v) is 170. The van der Waals surface area contributed by atoms with Crippen LogP contribution in [0.25, 0.3) is 72.4 Å². The number of hydrogen-bond acceptors (Lipinski definition) is 41. The molecule has 54 nitrogen and oxygen atoms in total. The Kier molecular flexibility index (Phi) is 6600. The Hall–Kier alpha value is -20.9. The molecule has 0 fully saturated rings. The summed E-state index contributed by atoms with van der Waals surface area (Å²) in [6, 6.07) is 0. The number of nitrogens with two attached hydrogens (primary N) is 22. The van der Waals surface area contributed by atoms with E-state index in [9.17, 15) is 4.79 Å². The Morgan fingerprint density at radius 3 is 0.526 bits per heavy atom. The van der Waals surface area contributed by atoms with Crippen molar-refractivity contribution >= 4 is 176 Å². The molecule has 46 N–H and O–H groups in total. The molecular formula is C34H117N24O30Rf16S10-35. The Labute approximate surface area is 612 Å². The standard InChI is InChI=1S/C3H6NO.C2H6NO2S.2C2H6N.4C2H3O.CH3NO.4CH2NO.4CH3O2S.8CH4.4H2NO2S.H3NO2S.10H2N.16Rf/c1-2-3(4)5;1-2-6-5-4-3;6*1-2-3;5*2-1-3;4*1-4(2)3;;;;;;;;;4*1-4(2)3;1-2-3-4;;;;;;;;;;;;;;;;;;;;;;;;;;/h1-2H2,(H2,4,5);1-3H2;2*1-3H2;2*1H3;2*2H,1H2;1H,(H2,2,3);4*(H2,2,3);2*1H3;2*1H2,(H,2,3);8*1H4;3*(H2,1,2,3);1H,(H,2,3);4H,1H2;10*1H2;;;;;;;;;;;;;;;;/q8*-1;;8*-1;;;;;;;;;4*-1;;10*-1;;;;;;;;;;;;;;;;/p-5. The Morgan fingerprint density at radius 1 is 0.465 bits per heavy atom. The van der Waals surface area contributed by atoms with E-state index in [1.807, 2.05) is 0 Å². The van der Waals surface area contributed by atoms with Gasteiger partial charge in [0.2, 0.25) is 0 Å². The van der Waals surface area contributed by atoms with E-state index in [0.717, 1.165) is 50.2 Å². The first-order valence-corrected chi connectivity index (χ1v) is 26.4. The normalized spacial score (nSPS) is 5.46. The van der Waals surface area contributed by atoms with Gasteiger partial charge in [0, 0.05) is 18.5 Å². The number of nitrogens with one attached hydrogen (secondary N) is 2. The summed E-state index contributed by atoms with van der Waals surface area (Å²) in [6.45, 7) is 22.4. The predicted molar refractivity (Wildman–Crippen MR) is 398 cm³/mol. The van der Waals surface area contributed by atoms with Gasteiger partial charge in [0.05, 0.1) is 0 Å². The van der Waals surface area contributed by atoms with Crippen LogP contribution in [0.2, 0.25) is 0 Å². The number of carbonyl (C=O) groups is 4. The van der Waals surface area contributed by atoms with Crippen LogP contribution in [0.15, 0.2) is 0 Å². The van der Waals surface area contributed by atoms with Gasteiger partial charge in [-0.05, 0) is 45.2 Å². The van der Waals surface area contributed by atoms with Gasteiger partial charge >= 0.3 is 0 Å². The molecule has 0 bridgehead atoms. The monoisotopic (exact) mass is 5940 g/mol. The minimum atomic E-state index is -2.61. The molecule has 114 heavy (non-hydrogen) atoms. The maximum atomic E-state index is 9.53. The summed E-state index contributed by atoms with van der Waals surface area (Å²) in [6.07, 6.45) is 15.5. The second kappa shape index (κ2) is 1310. The van der Waals surface area contributed by atoms with Crippen molar-refractivity contribution < 1.29 is 135 Å². The van der Waals surface area contributed by atoms with E-state index in [2.05, 4.69) is 141 Å². The van der Waals surface area contributed by atoms with Crippen LogP contribution in [0.4, 0.5) is 0 Å². The second-order valence-corrected chi connectivity index (χ2v) is 11.5. The van der Waals surface area contributed by atoms with Crippen LogP contribution in [0.1, 0.15) is 79.7 Å². The molecule has 0 radical (unpaired) electrons. The van der Waals surface area contributed by atoms with Crippen molar-refractivity contribution in [2.75, 3.05) is 31.4 Å². The third kappa shape index (κ3) is 3350. The molecule has 3 unspecified atom stereocenters. The largest absolute Gasteiger partial charge is 0.799 e. The van der Waals surface area contributed by atoms with E-state index in [1.54, 1.807) is 0 Å². The topological polar surface area (TPSA) is 1190 Å². The van der Waals surface area contributed by atoms with Crippen molar-refractivity contribution in [1.82, 2.24) is 0 Å². The van der Waals surface area contributed by atoms with E-state index in [1.165, 1.54) is 26.4 Å². The summed E-state index contributed by atoms with van der Waals surface area (Å²) in [5, 5.41) is 17.6. The average molecular weight is 5940 g/mol. The summed E-state index contributed by atoms with van der Waals surface area (Å²) >= 11 is -2.08. The molecule has 680 valence electrons. The van der Waals surface area contributed by atoms with E-state index in [4.69, 9.17) is 134 Å². The number of aldehydes is 2. The smallest absolute Gasteiger partial charge is 0.187 e. The summed E-state index contributed by atoms with van der Waals surface area (Å²) in [5.74, 6) is 8.88. The predicted octanol–water partition coefficient (Wildman–Crippen LogP) is 4.10. The first kappa shape index (κ1) is 573. The summed E-state index contributed by atoms with van der Waals surface area (Å²) in [7, 11) is -10.8. The van der Waals surface area contributed by atoms with E-state index >= 15 is 0 Å². The minimum Gasteiger partial charge on any atom is -0.799 e. The molecule has 0 saturated carbocycles. The number of primary amides is 5. The number of amides is 6. The van der Waals surface area contributed by atoms with Gasteiger partial charge in [-0.15, -0.1) is 34.6 Å². The number of hydrogen-bond donors (Lipinski definition) is 12. The molecule has 0 rings (SSSR count). The Morgan fingerprint density at radius 2 is 0.518 bits per heavy atom. The van der Waals surface area contributed by atoms with Crippen LogP contribution in [0, 0.1) is 54.1 Å². The van der Waals surface area contributed by atoms with Crippen molar-refractivity contribution in [3.63, 3.8) is 0 Å². The molecule has 0 spiro atoms. The summed E-state index contributed by atoms with van der Waals surface area (Å²) in [4.78, 5) is 93.6. The SMILES string of the molecule is C.C.C.C.C.C.C.C.C[C-]=O.C[C-]=O.C[S-](=O)=O.C[S-](=O)=O.NOO[S-].N[C-]=O.N[C-]=O.N[C-]=O.N[C-]=O.N[S-](=O)=O.N[S-](=O)=O.N[S-](=O)=O.[CH2-]C=O.[CH2-]C=O.[CH2-]CC(N)=O.[CH2-]CN.[CH2-]CN.[CH2-]CSOON.[CH2-]S(=O)[O-].[CH2-]S(=O)[O-].[NH-]C=O.[NH-]S(=O)[O-].[NH2-].[NH2-].[NH2-].[NH2-].[NH2-].[NH2-].[NH2-].[NH2-].[NH2-].[NH2-].[Rf].[Rf].[Rf].[Rf].[Rf].[Rf].[Rf].[Rf].[Rf].[Rf].[Rf].[Rf].[Rf].[Rf].[Rf].[Rf]. The fraction of sp³-hybridized carbons (Fsp3) is 0.471. The van der Waals surface area contributed by atoms with Gasteiger partial charge in [0.25, 0.3) is 0 Å². The molecule has 0 saturated heterocycles. The van der Waals surface area contributed by atoms with E-state index < -0.39 is 87.5 Å². The molecular weight excluding hydrogens is 5820 g/mol. The van der Waals surface area contributed by atoms with Crippen LogP contribution < -0.4 is 67.3 Å². The van der Waals surface area contributed by atoms with Gasteiger partial charge in [-0.2, -0.15) is 67.5 Å². The zero-order chi connectivity index (χ0) is 70.9. The summed E-state index contributed by atoms with van der Waals surface area (Å²) < 4.78 is 149. The molecule has 6 amide bonds. The fourth-order valence-corrected chi connectivity index (χ4v) is 0.185. The van der Waals surface area contributed by atoms with Crippen molar-refractivity contribution in [3.05, 3.63) is 126 Å². The quantitative estimate of drug-likeness (QED) is 0.0212. The molecule has 0 aromatic carbocycles. The molecule has 0 aromatic rings. The van der Waals surface area contributed by atoms with Gasteiger partial charge in [-0.3, -0.25) is 34.1 Å². The number of rotatable bonds is 5. The van der Waals surface area contributed by atoms with Crippen molar-refractivity contribution in [2.24, 2.45) is 67.3 Å². The van der Waals surface area contributed by atoms with Gasteiger partial charge < -0.3 is 294 Å². The third-order valence-electron chi connectivity index (χ3n) is 0.456. The van der Waals surface area contributed by atoms with Gasteiger partial charge in [0.15, 0.2) is 5.91 Å². The van der Waals surface area contributed by atoms with Crippen LogP contribution in [0.5, 0.6) is 0 Å². The second-order valence-electron chi connectivity index (χ2n) is 5.70. The molecule has 0 aliphatic heterocycles. The van der Waals surface area contributed by atoms with Crippen molar-refractivity contribution in [2.45, 2.75) is 79.7 Å². The van der Waals surface area contributed by atoms with E-state index in [0.29, 0.717) is 31.4 Å². The molecule has 3 atom stereocenters. The van der Waals surface area contributed by atoms with Crippen LogP contribution in [0.3, 0.4) is 0 Å².